The average Bonchev–Trinajstić information content (AvgIpc) is 3.53. The number of morpholine rings is 1. The number of hydrogen-bond donors (Lipinski definition) is 2. The molecule has 2 saturated heterocycles. The van der Waals surface area contributed by atoms with E-state index < -0.39 is 12.1 Å². The maximum absolute atomic E-state index is 13.4. The van der Waals surface area contributed by atoms with Gasteiger partial charge in [-0.25, -0.2) is 9.78 Å². The standard InChI is InChI=1S/C24H31N5O4S/c1-16(2)20(26-24(32)28-11-13-33-14-12-28)22(31)29-10-6-9-19(29)21(30)27-23-25-18(15-34-23)17-7-4-3-5-8-17/h3-5,7-8,15-16,19-20H,6,9-14H2,1-2H3,(H,26,32)(H,25,27,30)/t19-,20+/m0/s1. The number of amides is 4. The quantitative estimate of drug-likeness (QED) is 0.655. The second-order valence-electron chi connectivity index (χ2n) is 8.85. The highest BCUT2D eigenvalue weighted by Crippen LogP contribution is 2.26. The summed E-state index contributed by atoms with van der Waals surface area (Å²) < 4.78 is 5.30. The number of nitrogens with one attached hydrogen (secondary N) is 2. The molecule has 9 nitrogen and oxygen atoms in total. The number of urea groups is 1. The van der Waals surface area contributed by atoms with Crippen LogP contribution in [-0.4, -0.2) is 77.6 Å². The van der Waals surface area contributed by atoms with E-state index in [0.717, 1.165) is 17.7 Å². The van der Waals surface area contributed by atoms with Crippen molar-refractivity contribution in [3.8, 4) is 11.3 Å². The Labute approximate surface area is 203 Å². The summed E-state index contributed by atoms with van der Waals surface area (Å²) in [5, 5.41) is 8.18. The zero-order chi connectivity index (χ0) is 24.1. The van der Waals surface area contributed by atoms with Crippen molar-refractivity contribution >= 4 is 34.3 Å². The fourth-order valence-corrected chi connectivity index (χ4v) is 4.97. The van der Waals surface area contributed by atoms with E-state index in [2.05, 4.69) is 15.6 Å². The first-order valence-corrected chi connectivity index (χ1v) is 12.6. The Kier molecular flexibility index (Phi) is 7.79. The Bertz CT molecular complexity index is 1010. The van der Waals surface area contributed by atoms with Crippen LogP contribution in [0.25, 0.3) is 11.3 Å². The van der Waals surface area contributed by atoms with Crippen LogP contribution in [0.5, 0.6) is 0 Å². The Balaban J connectivity index is 1.40. The van der Waals surface area contributed by atoms with Gasteiger partial charge in [0, 0.05) is 30.6 Å². The smallest absolute Gasteiger partial charge is 0.318 e. The van der Waals surface area contributed by atoms with Crippen LogP contribution in [0.4, 0.5) is 9.93 Å². The molecule has 0 spiro atoms. The van der Waals surface area contributed by atoms with E-state index in [9.17, 15) is 14.4 Å². The summed E-state index contributed by atoms with van der Waals surface area (Å²) in [6.45, 7) is 6.26. The highest BCUT2D eigenvalue weighted by Gasteiger charge is 2.39. The molecule has 2 atom stereocenters. The van der Waals surface area contributed by atoms with Crippen LogP contribution in [0.3, 0.4) is 0 Å². The minimum atomic E-state index is -0.701. The van der Waals surface area contributed by atoms with E-state index in [-0.39, 0.29) is 23.8 Å². The highest BCUT2D eigenvalue weighted by molar-refractivity contribution is 7.14. The molecular formula is C24H31N5O4S. The van der Waals surface area contributed by atoms with Crippen LogP contribution in [-0.2, 0) is 14.3 Å². The van der Waals surface area contributed by atoms with Gasteiger partial charge in [0.2, 0.25) is 11.8 Å². The van der Waals surface area contributed by atoms with Crippen LogP contribution in [0.2, 0.25) is 0 Å². The van der Waals surface area contributed by atoms with Gasteiger partial charge in [0.25, 0.3) is 0 Å². The third-order valence-electron chi connectivity index (χ3n) is 6.15. The van der Waals surface area contributed by atoms with Gasteiger partial charge in [-0.15, -0.1) is 11.3 Å². The normalized spacial score (nSPS) is 19.2. The lowest BCUT2D eigenvalue weighted by Crippen LogP contribution is -2.57. The van der Waals surface area contributed by atoms with Gasteiger partial charge in [-0.05, 0) is 18.8 Å². The van der Waals surface area contributed by atoms with Crippen LogP contribution in [0, 0.1) is 5.92 Å². The predicted molar refractivity (Wildman–Crippen MR) is 130 cm³/mol. The lowest BCUT2D eigenvalue weighted by atomic mass is 10.0. The molecule has 4 rings (SSSR count). The molecule has 2 fully saturated rings. The van der Waals surface area contributed by atoms with Gasteiger partial charge in [0.15, 0.2) is 5.13 Å². The van der Waals surface area contributed by atoms with Crippen LogP contribution in [0.15, 0.2) is 35.7 Å². The maximum Gasteiger partial charge on any atom is 0.318 e. The fourth-order valence-electron chi connectivity index (χ4n) is 4.25. The third kappa shape index (κ3) is 5.56. The molecule has 2 N–H and O–H groups in total. The Morgan fingerprint density at radius 3 is 2.56 bits per heavy atom. The average molecular weight is 486 g/mol. The van der Waals surface area contributed by atoms with Crippen molar-refractivity contribution in [1.82, 2.24) is 20.1 Å². The van der Waals surface area contributed by atoms with E-state index in [1.165, 1.54) is 11.3 Å². The molecule has 0 saturated carbocycles. The molecule has 0 radical (unpaired) electrons. The molecule has 1 aromatic carbocycles. The number of benzene rings is 1. The number of nitrogens with zero attached hydrogens (tertiary/aromatic N) is 3. The first-order valence-electron chi connectivity index (χ1n) is 11.7. The number of carbonyl (C=O) groups excluding carboxylic acids is 3. The van der Waals surface area contributed by atoms with Crippen molar-refractivity contribution in [3.05, 3.63) is 35.7 Å². The first kappa shape index (κ1) is 24.2. The van der Waals surface area contributed by atoms with Gasteiger partial charge >= 0.3 is 6.03 Å². The van der Waals surface area contributed by atoms with E-state index in [4.69, 9.17) is 4.74 Å². The van der Waals surface area contributed by atoms with Gasteiger partial charge in [0.05, 0.1) is 18.9 Å². The molecule has 3 heterocycles. The Morgan fingerprint density at radius 2 is 1.85 bits per heavy atom. The fraction of sp³-hybridized carbons (Fsp3) is 0.500. The molecule has 10 heteroatoms. The monoisotopic (exact) mass is 485 g/mol. The summed E-state index contributed by atoms with van der Waals surface area (Å²) in [4.78, 5) is 47.0. The molecule has 2 aliphatic heterocycles. The van der Waals surface area contributed by atoms with Gasteiger partial charge in [0.1, 0.15) is 12.1 Å². The third-order valence-corrected chi connectivity index (χ3v) is 6.91. The van der Waals surface area contributed by atoms with Crippen molar-refractivity contribution in [2.45, 2.75) is 38.8 Å². The van der Waals surface area contributed by atoms with E-state index in [0.29, 0.717) is 44.4 Å². The minimum Gasteiger partial charge on any atom is -0.378 e. The summed E-state index contributed by atoms with van der Waals surface area (Å²) in [5.74, 6) is -0.589. The number of thiazole rings is 1. The number of hydrogen-bond acceptors (Lipinski definition) is 6. The summed E-state index contributed by atoms with van der Waals surface area (Å²) in [7, 11) is 0. The van der Waals surface area contributed by atoms with Crippen molar-refractivity contribution < 1.29 is 19.1 Å². The molecule has 2 aromatic rings. The number of ether oxygens (including phenoxy) is 1. The van der Waals surface area contributed by atoms with E-state index >= 15 is 0 Å². The number of aromatic nitrogens is 1. The molecule has 182 valence electrons. The van der Waals surface area contributed by atoms with Crippen LogP contribution >= 0.6 is 11.3 Å². The Morgan fingerprint density at radius 1 is 1.12 bits per heavy atom. The van der Waals surface area contributed by atoms with Gasteiger partial charge in [-0.1, -0.05) is 44.2 Å². The molecule has 0 bridgehead atoms. The summed E-state index contributed by atoms with van der Waals surface area (Å²) in [6, 6.07) is 8.21. The highest BCUT2D eigenvalue weighted by atomic mass is 32.1. The summed E-state index contributed by atoms with van der Waals surface area (Å²) in [5.41, 5.74) is 1.78. The molecule has 1 aromatic heterocycles. The SMILES string of the molecule is CC(C)[C@@H](NC(=O)N1CCOCC1)C(=O)N1CCC[C@H]1C(=O)Nc1nc(-c2ccccc2)cs1. The van der Waals surface area contributed by atoms with Crippen molar-refractivity contribution in [2.24, 2.45) is 5.92 Å². The van der Waals surface area contributed by atoms with Crippen molar-refractivity contribution in [1.29, 1.82) is 0 Å². The second-order valence-corrected chi connectivity index (χ2v) is 9.71. The molecule has 4 amide bonds. The zero-order valence-electron chi connectivity index (χ0n) is 19.5. The Hall–Kier alpha value is -2.98. The van der Waals surface area contributed by atoms with Crippen LogP contribution in [0.1, 0.15) is 26.7 Å². The lowest BCUT2D eigenvalue weighted by molar-refractivity contribution is -0.139. The number of likely N-dealkylation sites (tertiary alicyclic amines) is 1. The number of carbonyl (C=O) groups is 3. The van der Waals surface area contributed by atoms with Gasteiger partial charge < -0.3 is 25.2 Å². The predicted octanol–water partition coefficient (Wildman–Crippen LogP) is 2.81. The second kappa shape index (κ2) is 11.0. The van der Waals surface area contributed by atoms with Crippen molar-refractivity contribution in [2.75, 3.05) is 38.2 Å². The molecule has 0 unspecified atom stereocenters. The minimum absolute atomic E-state index is 0.116. The summed E-state index contributed by atoms with van der Waals surface area (Å²) >= 11 is 1.36. The molecular weight excluding hydrogens is 454 g/mol. The topological polar surface area (TPSA) is 104 Å². The molecule has 2 aliphatic rings. The van der Waals surface area contributed by atoms with Crippen molar-refractivity contribution in [3.63, 3.8) is 0 Å². The van der Waals surface area contributed by atoms with Gasteiger partial charge in [-0.3, -0.25) is 9.59 Å². The number of rotatable bonds is 6. The largest absolute Gasteiger partial charge is 0.378 e. The summed E-state index contributed by atoms with van der Waals surface area (Å²) in [6.07, 6.45) is 1.32. The van der Waals surface area contributed by atoms with Gasteiger partial charge in [-0.2, -0.15) is 0 Å². The lowest BCUT2D eigenvalue weighted by Gasteiger charge is -2.33. The zero-order valence-corrected chi connectivity index (χ0v) is 20.3. The molecule has 0 aliphatic carbocycles. The van der Waals surface area contributed by atoms with E-state index in [1.54, 1.807) is 9.80 Å². The number of anilines is 1. The first-order chi connectivity index (χ1) is 16.4. The maximum atomic E-state index is 13.4. The van der Waals surface area contributed by atoms with Crippen LogP contribution < -0.4 is 10.6 Å². The van der Waals surface area contributed by atoms with E-state index in [1.807, 2.05) is 49.6 Å². The molecule has 34 heavy (non-hydrogen) atoms.